The van der Waals surface area contributed by atoms with Crippen LogP contribution in [-0.2, 0) is 26.2 Å². The highest BCUT2D eigenvalue weighted by atomic mass is 32.2. The molecule has 0 aliphatic rings. The van der Waals surface area contributed by atoms with E-state index in [0.29, 0.717) is 24.1 Å². The van der Waals surface area contributed by atoms with Gasteiger partial charge in [-0.2, -0.15) is 0 Å². The highest BCUT2D eigenvalue weighted by Crippen LogP contribution is 2.29. The van der Waals surface area contributed by atoms with Crippen LogP contribution in [0.5, 0.6) is 0 Å². The predicted octanol–water partition coefficient (Wildman–Crippen LogP) is 5.36. The Hall–Kier alpha value is -3.72. The van der Waals surface area contributed by atoms with Gasteiger partial charge >= 0.3 is 0 Å². The van der Waals surface area contributed by atoms with Crippen LogP contribution in [0.25, 0.3) is 0 Å². The average Bonchev–Trinajstić information content (AvgIpc) is 2.94. The number of nitrogens with zero attached hydrogens (tertiary/aromatic N) is 2. The van der Waals surface area contributed by atoms with Gasteiger partial charge in [0, 0.05) is 12.6 Å². The third-order valence-corrected chi connectivity index (χ3v) is 8.88. The molecule has 0 spiro atoms. The van der Waals surface area contributed by atoms with Crippen LogP contribution in [0.1, 0.15) is 50.3 Å². The van der Waals surface area contributed by atoms with Crippen molar-refractivity contribution in [1.29, 1.82) is 0 Å². The van der Waals surface area contributed by atoms with Crippen LogP contribution in [0.15, 0.2) is 77.7 Å². The molecule has 3 aromatic rings. The Morgan fingerprint density at radius 1 is 0.900 bits per heavy atom. The number of nitrogens with one attached hydrogen (secondary N) is 1. The van der Waals surface area contributed by atoms with Gasteiger partial charge in [0.25, 0.3) is 10.0 Å². The molecule has 0 aliphatic carbocycles. The lowest BCUT2D eigenvalue weighted by Gasteiger charge is -2.34. The van der Waals surface area contributed by atoms with Gasteiger partial charge in [0.05, 0.1) is 10.6 Å². The van der Waals surface area contributed by atoms with E-state index in [-0.39, 0.29) is 23.4 Å². The lowest BCUT2D eigenvalue weighted by molar-refractivity contribution is -0.140. The van der Waals surface area contributed by atoms with Gasteiger partial charge in [0.15, 0.2) is 0 Å². The van der Waals surface area contributed by atoms with E-state index >= 15 is 0 Å². The van der Waals surface area contributed by atoms with E-state index in [4.69, 9.17) is 0 Å². The summed E-state index contributed by atoms with van der Waals surface area (Å²) in [6.45, 7) is 8.81. The summed E-state index contributed by atoms with van der Waals surface area (Å²) >= 11 is 0. The van der Waals surface area contributed by atoms with Crippen molar-refractivity contribution >= 4 is 27.5 Å². The maximum atomic E-state index is 14.1. The van der Waals surface area contributed by atoms with E-state index in [0.717, 1.165) is 15.4 Å². The molecule has 3 aromatic carbocycles. The largest absolute Gasteiger partial charge is 0.352 e. The zero-order valence-corrected chi connectivity index (χ0v) is 24.5. The van der Waals surface area contributed by atoms with Gasteiger partial charge in [-0.1, -0.05) is 56.3 Å². The third kappa shape index (κ3) is 7.27. The van der Waals surface area contributed by atoms with E-state index in [1.54, 1.807) is 49.4 Å². The second-order valence-electron chi connectivity index (χ2n) is 9.93. The number of benzene rings is 3. The molecule has 0 aliphatic heterocycles. The summed E-state index contributed by atoms with van der Waals surface area (Å²) in [7, 11) is -4.14. The molecule has 0 aromatic heterocycles. The van der Waals surface area contributed by atoms with Crippen molar-refractivity contribution in [3.63, 3.8) is 0 Å². The number of amides is 2. The number of carbonyl (C=O) groups excluding carboxylic acids is 2. The first-order chi connectivity index (χ1) is 19.0. The number of halogens is 1. The summed E-state index contributed by atoms with van der Waals surface area (Å²) in [5.74, 6) is -1.29. The number of hydrogen-bond donors (Lipinski definition) is 1. The van der Waals surface area contributed by atoms with Crippen molar-refractivity contribution < 1.29 is 22.4 Å². The van der Waals surface area contributed by atoms with E-state index in [1.165, 1.54) is 29.2 Å². The zero-order valence-electron chi connectivity index (χ0n) is 23.7. The number of aryl methyl sites for hydroxylation is 1. The smallest absolute Gasteiger partial charge is 0.264 e. The number of carbonyl (C=O) groups is 2. The van der Waals surface area contributed by atoms with Crippen molar-refractivity contribution in [2.24, 2.45) is 0 Å². The van der Waals surface area contributed by atoms with Crippen LogP contribution in [0.2, 0.25) is 0 Å². The first-order valence-corrected chi connectivity index (χ1v) is 14.9. The Morgan fingerprint density at radius 3 is 2.15 bits per heavy atom. The number of anilines is 1. The quantitative estimate of drug-likeness (QED) is 0.319. The summed E-state index contributed by atoms with van der Waals surface area (Å²) in [5, 5.41) is 2.94. The number of rotatable bonds is 12. The summed E-state index contributed by atoms with van der Waals surface area (Å²) in [4.78, 5) is 28.9. The summed E-state index contributed by atoms with van der Waals surface area (Å²) < 4.78 is 42.6. The van der Waals surface area contributed by atoms with Gasteiger partial charge in [0.1, 0.15) is 18.4 Å². The summed E-state index contributed by atoms with van der Waals surface area (Å²) in [5.41, 5.74) is 2.60. The Balaban J connectivity index is 2.08. The molecule has 0 bridgehead atoms. The molecule has 7 nitrogen and oxygen atoms in total. The van der Waals surface area contributed by atoms with Gasteiger partial charge in [-0.3, -0.25) is 13.9 Å². The molecule has 0 radical (unpaired) electrons. The first kappa shape index (κ1) is 30.8. The molecule has 3 rings (SSSR count). The Kier molecular flexibility index (Phi) is 10.5. The monoisotopic (exact) mass is 567 g/mol. The fraction of sp³-hybridized carbons (Fsp3) is 0.355. The van der Waals surface area contributed by atoms with E-state index in [9.17, 15) is 22.4 Å². The molecule has 40 heavy (non-hydrogen) atoms. The molecular weight excluding hydrogens is 529 g/mol. The molecule has 0 fully saturated rings. The normalized spacial score (nSPS) is 12.8. The molecule has 0 saturated heterocycles. The van der Waals surface area contributed by atoms with Crippen LogP contribution in [-0.4, -0.2) is 43.8 Å². The minimum absolute atomic E-state index is 0.0115. The molecule has 214 valence electrons. The standard InChI is InChI=1S/C31H38FN3O4S/c1-6-23(4)33-31(37)28(7-2)34(20-25-16-18-26(32)19-17-25)30(36)21-35(29-15-11-12-22(3)24(29)5)40(38,39)27-13-9-8-10-14-27/h8-19,23,28H,6-7,20-21H2,1-5H3,(H,33,37)/t23-,28+/m1/s1. The molecule has 0 unspecified atom stereocenters. The third-order valence-electron chi connectivity index (χ3n) is 7.11. The Morgan fingerprint density at radius 2 is 1.55 bits per heavy atom. The first-order valence-electron chi connectivity index (χ1n) is 13.5. The molecular formula is C31H38FN3O4S. The van der Waals surface area contributed by atoms with Crippen molar-refractivity contribution in [2.75, 3.05) is 10.8 Å². The van der Waals surface area contributed by atoms with Crippen LogP contribution in [0.3, 0.4) is 0 Å². The highest BCUT2D eigenvalue weighted by molar-refractivity contribution is 7.92. The lowest BCUT2D eigenvalue weighted by atomic mass is 10.1. The summed E-state index contributed by atoms with van der Waals surface area (Å²) in [6.07, 6.45) is 1.02. The predicted molar refractivity (Wildman–Crippen MR) is 156 cm³/mol. The molecule has 2 atom stereocenters. The van der Waals surface area contributed by atoms with Crippen molar-refractivity contribution in [2.45, 2.75) is 71.0 Å². The fourth-order valence-corrected chi connectivity index (χ4v) is 5.88. The maximum Gasteiger partial charge on any atom is 0.264 e. The van der Waals surface area contributed by atoms with E-state index in [2.05, 4.69) is 5.32 Å². The van der Waals surface area contributed by atoms with Crippen molar-refractivity contribution in [1.82, 2.24) is 10.2 Å². The highest BCUT2D eigenvalue weighted by Gasteiger charge is 2.34. The van der Waals surface area contributed by atoms with Gasteiger partial charge in [-0.15, -0.1) is 0 Å². The average molecular weight is 568 g/mol. The number of hydrogen-bond acceptors (Lipinski definition) is 4. The second kappa shape index (κ2) is 13.6. The zero-order chi connectivity index (χ0) is 29.4. The summed E-state index contributed by atoms with van der Waals surface area (Å²) in [6, 6.07) is 18.0. The number of sulfonamides is 1. The lowest BCUT2D eigenvalue weighted by Crippen LogP contribution is -2.53. The molecule has 2 amide bonds. The Bertz CT molecular complexity index is 1410. The topological polar surface area (TPSA) is 86.8 Å². The Labute approximate surface area is 237 Å². The van der Waals surface area contributed by atoms with Crippen LogP contribution in [0.4, 0.5) is 10.1 Å². The molecule has 1 N–H and O–H groups in total. The van der Waals surface area contributed by atoms with E-state index < -0.39 is 34.3 Å². The van der Waals surface area contributed by atoms with Crippen LogP contribution >= 0.6 is 0 Å². The van der Waals surface area contributed by atoms with Gasteiger partial charge < -0.3 is 10.2 Å². The minimum Gasteiger partial charge on any atom is -0.352 e. The second-order valence-corrected chi connectivity index (χ2v) is 11.8. The van der Waals surface area contributed by atoms with E-state index in [1.807, 2.05) is 33.8 Å². The minimum atomic E-state index is -4.14. The fourth-order valence-electron chi connectivity index (χ4n) is 4.39. The van der Waals surface area contributed by atoms with Crippen LogP contribution in [0, 0.1) is 19.7 Å². The molecule has 0 saturated carbocycles. The molecule has 0 heterocycles. The maximum absolute atomic E-state index is 14.1. The SMILES string of the molecule is CC[C@@H](C)NC(=O)[C@H](CC)N(Cc1ccc(F)cc1)C(=O)CN(c1cccc(C)c1C)S(=O)(=O)c1ccccc1. The van der Waals surface area contributed by atoms with Gasteiger partial charge in [0.2, 0.25) is 11.8 Å². The van der Waals surface area contributed by atoms with Gasteiger partial charge in [-0.05, 0) is 80.6 Å². The van der Waals surface area contributed by atoms with Gasteiger partial charge in [-0.25, -0.2) is 12.8 Å². The van der Waals surface area contributed by atoms with Crippen molar-refractivity contribution in [3.8, 4) is 0 Å². The van der Waals surface area contributed by atoms with Crippen LogP contribution < -0.4 is 9.62 Å². The molecule has 9 heteroatoms. The van der Waals surface area contributed by atoms with Crippen molar-refractivity contribution in [3.05, 3.63) is 95.3 Å².